The van der Waals surface area contributed by atoms with Crippen LogP contribution < -0.4 is 0 Å². The number of aryl methyl sites for hydroxylation is 1. The van der Waals surface area contributed by atoms with Gasteiger partial charge < -0.3 is 0 Å². The lowest BCUT2D eigenvalue weighted by molar-refractivity contribution is 0.300. The highest BCUT2D eigenvalue weighted by Crippen LogP contribution is 2.33. The standard InChI is InChI=1S/C13H16Br3NO2S/c1-8-3-4-17(7-12(8)16)20(18,19)13-6-10(14)9(2)5-11(13)15/h5-6,8,12H,3-4,7H2,1-2H3. The van der Waals surface area contributed by atoms with Crippen molar-refractivity contribution in [2.45, 2.75) is 30.0 Å². The first-order valence-electron chi connectivity index (χ1n) is 6.33. The molecule has 0 spiro atoms. The minimum absolute atomic E-state index is 0.207. The Morgan fingerprint density at radius 3 is 2.50 bits per heavy atom. The van der Waals surface area contributed by atoms with E-state index in [0.717, 1.165) is 16.5 Å². The molecule has 1 saturated heterocycles. The fraction of sp³-hybridized carbons (Fsp3) is 0.538. The van der Waals surface area contributed by atoms with E-state index in [9.17, 15) is 8.42 Å². The minimum atomic E-state index is -3.46. The van der Waals surface area contributed by atoms with Crippen LogP contribution in [0.25, 0.3) is 0 Å². The molecule has 20 heavy (non-hydrogen) atoms. The largest absolute Gasteiger partial charge is 0.244 e. The Labute approximate surface area is 145 Å². The predicted molar refractivity (Wildman–Crippen MR) is 91.8 cm³/mol. The second-order valence-corrected chi connectivity index (χ2v) is 9.97. The number of hydrogen-bond donors (Lipinski definition) is 0. The van der Waals surface area contributed by atoms with E-state index in [1.165, 1.54) is 0 Å². The molecule has 2 unspecified atom stereocenters. The molecule has 2 atom stereocenters. The number of benzene rings is 1. The summed E-state index contributed by atoms with van der Waals surface area (Å²) in [5.41, 5.74) is 1.00. The first-order valence-corrected chi connectivity index (χ1v) is 10.3. The Bertz CT molecular complexity index is 618. The maximum Gasteiger partial charge on any atom is 0.244 e. The van der Waals surface area contributed by atoms with E-state index in [1.54, 1.807) is 10.4 Å². The maximum atomic E-state index is 12.8. The minimum Gasteiger partial charge on any atom is -0.207 e. The predicted octanol–water partition coefficient (Wildman–Crippen LogP) is 4.31. The van der Waals surface area contributed by atoms with E-state index >= 15 is 0 Å². The number of halogens is 3. The maximum absolute atomic E-state index is 12.8. The van der Waals surface area contributed by atoms with Crippen molar-refractivity contribution >= 4 is 57.8 Å². The molecule has 1 aromatic rings. The van der Waals surface area contributed by atoms with Crippen LogP contribution in [0.1, 0.15) is 18.9 Å². The van der Waals surface area contributed by atoms with Crippen LogP contribution in [0.4, 0.5) is 0 Å². The third-order valence-corrected chi connectivity index (χ3v) is 8.53. The highest BCUT2D eigenvalue weighted by atomic mass is 79.9. The van der Waals surface area contributed by atoms with Gasteiger partial charge in [-0.25, -0.2) is 8.42 Å². The quantitative estimate of drug-likeness (QED) is 0.580. The smallest absolute Gasteiger partial charge is 0.207 e. The van der Waals surface area contributed by atoms with Gasteiger partial charge in [0.2, 0.25) is 10.0 Å². The van der Waals surface area contributed by atoms with Crippen molar-refractivity contribution in [2.24, 2.45) is 5.92 Å². The van der Waals surface area contributed by atoms with Crippen LogP contribution in [0.5, 0.6) is 0 Å². The topological polar surface area (TPSA) is 37.4 Å². The van der Waals surface area contributed by atoms with E-state index in [4.69, 9.17) is 0 Å². The van der Waals surface area contributed by atoms with Crippen molar-refractivity contribution in [3.05, 3.63) is 26.6 Å². The normalized spacial score (nSPS) is 24.9. The summed E-state index contributed by atoms with van der Waals surface area (Å²) in [4.78, 5) is 0.530. The second-order valence-electron chi connectivity index (χ2n) is 5.18. The molecule has 1 fully saturated rings. The Balaban J connectivity index is 2.38. The zero-order valence-corrected chi connectivity index (χ0v) is 16.8. The van der Waals surface area contributed by atoms with Gasteiger partial charge in [0.25, 0.3) is 0 Å². The molecule has 0 amide bonds. The summed E-state index contributed by atoms with van der Waals surface area (Å²) in [6.07, 6.45) is 0.875. The summed E-state index contributed by atoms with van der Waals surface area (Å²) in [5.74, 6) is 0.495. The molecule has 0 aromatic heterocycles. The molecule has 1 aromatic carbocycles. The van der Waals surface area contributed by atoms with Gasteiger partial charge in [0, 0.05) is 26.9 Å². The highest BCUT2D eigenvalue weighted by Gasteiger charge is 2.33. The Hall–Kier alpha value is 0.570. The van der Waals surface area contributed by atoms with Gasteiger partial charge in [0.15, 0.2) is 0 Å². The van der Waals surface area contributed by atoms with E-state index < -0.39 is 10.0 Å². The average Bonchev–Trinajstić information content (AvgIpc) is 2.36. The van der Waals surface area contributed by atoms with Crippen LogP contribution in [0.3, 0.4) is 0 Å². The van der Waals surface area contributed by atoms with Crippen LogP contribution in [0.15, 0.2) is 26.0 Å². The third-order valence-electron chi connectivity index (χ3n) is 3.66. The average molecular weight is 490 g/mol. The number of hydrogen-bond acceptors (Lipinski definition) is 2. The van der Waals surface area contributed by atoms with Crippen LogP contribution in [0, 0.1) is 12.8 Å². The van der Waals surface area contributed by atoms with Gasteiger partial charge in [-0.2, -0.15) is 4.31 Å². The molecular weight excluding hydrogens is 474 g/mol. The fourth-order valence-corrected chi connectivity index (χ4v) is 6.10. The van der Waals surface area contributed by atoms with E-state index in [1.807, 2.05) is 13.0 Å². The Morgan fingerprint density at radius 1 is 1.25 bits per heavy atom. The van der Waals surface area contributed by atoms with Crippen molar-refractivity contribution in [1.29, 1.82) is 0 Å². The van der Waals surface area contributed by atoms with Crippen molar-refractivity contribution in [3.8, 4) is 0 Å². The number of alkyl halides is 1. The van der Waals surface area contributed by atoms with E-state index in [-0.39, 0.29) is 4.83 Å². The van der Waals surface area contributed by atoms with Crippen LogP contribution in [0.2, 0.25) is 0 Å². The molecule has 0 saturated carbocycles. The lowest BCUT2D eigenvalue weighted by Gasteiger charge is -2.33. The molecule has 2 rings (SSSR count). The van der Waals surface area contributed by atoms with Gasteiger partial charge in [0.1, 0.15) is 0 Å². The number of sulfonamides is 1. The molecule has 0 bridgehead atoms. The number of nitrogens with zero attached hydrogens (tertiary/aromatic N) is 1. The fourth-order valence-electron chi connectivity index (χ4n) is 2.18. The summed E-state index contributed by atoms with van der Waals surface area (Å²) in [5, 5.41) is 0. The van der Waals surface area contributed by atoms with E-state index in [2.05, 4.69) is 54.7 Å². The van der Waals surface area contributed by atoms with Gasteiger partial charge in [-0.15, -0.1) is 0 Å². The molecule has 1 heterocycles. The van der Waals surface area contributed by atoms with Crippen molar-refractivity contribution in [3.63, 3.8) is 0 Å². The van der Waals surface area contributed by atoms with Crippen LogP contribution in [-0.2, 0) is 10.0 Å². The summed E-state index contributed by atoms with van der Waals surface area (Å²) in [6.45, 7) is 5.16. The molecule has 3 nitrogen and oxygen atoms in total. The summed E-state index contributed by atoms with van der Waals surface area (Å²) in [6, 6.07) is 3.51. The van der Waals surface area contributed by atoms with Gasteiger partial charge in [-0.05, 0) is 52.9 Å². The lowest BCUT2D eigenvalue weighted by atomic mass is 10.0. The first kappa shape index (κ1) is 16.9. The lowest BCUT2D eigenvalue weighted by Crippen LogP contribution is -2.43. The zero-order valence-electron chi connectivity index (χ0n) is 11.2. The zero-order chi connectivity index (χ0) is 15.1. The van der Waals surface area contributed by atoms with E-state index in [0.29, 0.717) is 28.4 Å². The summed E-state index contributed by atoms with van der Waals surface area (Å²) in [7, 11) is -3.46. The van der Waals surface area contributed by atoms with Crippen molar-refractivity contribution in [2.75, 3.05) is 13.1 Å². The Kier molecular flexibility index (Phi) is 5.39. The third kappa shape index (κ3) is 3.32. The summed E-state index contributed by atoms with van der Waals surface area (Å²) >= 11 is 10.4. The second kappa shape index (κ2) is 6.36. The Morgan fingerprint density at radius 2 is 1.90 bits per heavy atom. The van der Waals surface area contributed by atoms with Crippen LogP contribution >= 0.6 is 47.8 Å². The van der Waals surface area contributed by atoms with Crippen molar-refractivity contribution < 1.29 is 8.42 Å². The molecule has 0 N–H and O–H groups in total. The molecule has 0 radical (unpaired) electrons. The monoisotopic (exact) mass is 487 g/mol. The van der Waals surface area contributed by atoms with Gasteiger partial charge >= 0.3 is 0 Å². The SMILES string of the molecule is Cc1cc(Br)c(S(=O)(=O)N2CCC(C)C(Br)C2)cc1Br. The van der Waals surface area contributed by atoms with Gasteiger partial charge in [-0.3, -0.25) is 0 Å². The molecule has 1 aliphatic rings. The molecular formula is C13H16Br3NO2S. The van der Waals surface area contributed by atoms with Crippen LogP contribution in [-0.4, -0.2) is 30.6 Å². The van der Waals surface area contributed by atoms with Crippen molar-refractivity contribution in [1.82, 2.24) is 4.31 Å². The highest BCUT2D eigenvalue weighted by molar-refractivity contribution is 9.11. The molecule has 1 aliphatic heterocycles. The van der Waals surface area contributed by atoms with Gasteiger partial charge in [-0.1, -0.05) is 38.8 Å². The van der Waals surface area contributed by atoms with Gasteiger partial charge in [0.05, 0.1) is 4.90 Å². The molecule has 7 heteroatoms. The first-order chi connectivity index (χ1) is 9.23. The molecule has 0 aliphatic carbocycles. The molecule has 112 valence electrons. The number of rotatable bonds is 2. The number of piperidine rings is 1. The summed E-state index contributed by atoms with van der Waals surface area (Å²) < 4.78 is 28.5.